The lowest BCUT2D eigenvalue weighted by Gasteiger charge is -2.28. The molecule has 1 fully saturated rings. The first kappa shape index (κ1) is 13.1. The maximum Gasteiger partial charge on any atom is 0.240 e. The number of hydrogen-bond acceptors (Lipinski definition) is 2. The molecule has 0 atom stereocenters. The van der Waals surface area contributed by atoms with Crippen LogP contribution in [0.15, 0.2) is 24.3 Å². The van der Waals surface area contributed by atoms with E-state index in [2.05, 4.69) is 11.8 Å². The Morgan fingerprint density at radius 1 is 1.17 bits per heavy atom. The van der Waals surface area contributed by atoms with E-state index >= 15 is 0 Å². The molecule has 18 heavy (non-hydrogen) atoms. The number of aryl methyl sites for hydroxylation is 1. The van der Waals surface area contributed by atoms with Crippen molar-refractivity contribution in [2.45, 2.75) is 26.2 Å². The minimum Gasteiger partial charge on any atom is -0.314 e. The van der Waals surface area contributed by atoms with Gasteiger partial charge in [0.15, 0.2) is 0 Å². The first-order chi connectivity index (χ1) is 8.66. The molecule has 0 spiro atoms. The summed E-state index contributed by atoms with van der Waals surface area (Å²) in [5.41, 5.74) is 2.19. The Balaban J connectivity index is 1.93. The molecule has 3 heteroatoms. The van der Waals surface area contributed by atoms with Crippen molar-refractivity contribution in [3.63, 3.8) is 0 Å². The minimum absolute atomic E-state index is 0.181. The first-order valence-electron chi connectivity index (χ1n) is 6.72. The average molecular weight is 246 g/mol. The molecule has 1 heterocycles. The van der Waals surface area contributed by atoms with Gasteiger partial charge >= 0.3 is 0 Å². The molecule has 1 aromatic carbocycles. The van der Waals surface area contributed by atoms with E-state index in [-0.39, 0.29) is 5.91 Å². The van der Waals surface area contributed by atoms with Gasteiger partial charge in [0.2, 0.25) is 5.91 Å². The molecule has 0 saturated carbocycles. The zero-order valence-electron chi connectivity index (χ0n) is 11.4. The van der Waals surface area contributed by atoms with Gasteiger partial charge in [-0.2, -0.15) is 0 Å². The first-order valence-corrected chi connectivity index (χ1v) is 6.72. The fraction of sp³-hybridized carbons (Fsp3) is 0.533. The van der Waals surface area contributed by atoms with Gasteiger partial charge in [-0.1, -0.05) is 24.1 Å². The number of hydrogen-bond donors (Lipinski definition) is 0. The van der Waals surface area contributed by atoms with Gasteiger partial charge in [0.05, 0.1) is 6.54 Å². The van der Waals surface area contributed by atoms with Gasteiger partial charge in [-0.3, -0.25) is 9.69 Å². The Hall–Kier alpha value is -1.35. The van der Waals surface area contributed by atoms with Crippen LogP contribution in [0.5, 0.6) is 0 Å². The van der Waals surface area contributed by atoms with E-state index in [1.807, 2.05) is 31.3 Å². The summed E-state index contributed by atoms with van der Waals surface area (Å²) in [5, 5.41) is 0. The van der Waals surface area contributed by atoms with Crippen LogP contribution >= 0.6 is 0 Å². The lowest BCUT2D eigenvalue weighted by molar-refractivity contribution is -0.119. The highest BCUT2D eigenvalue weighted by Gasteiger charge is 2.17. The molecule has 0 aromatic heterocycles. The van der Waals surface area contributed by atoms with Crippen molar-refractivity contribution in [1.82, 2.24) is 4.90 Å². The molecule has 2 rings (SSSR count). The number of amides is 1. The molecule has 1 aromatic rings. The van der Waals surface area contributed by atoms with Crippen LogP contribution in [-0.2, 0) is 4.79 Å². The number of nitrogens with zero attached hydrogens (tertiary/aromatic N) is 2. The van der Waals surface area contributed by atoms with Crippen LogP contribution in [-0.4, -0.2) is 37.5 Å². The molecule has 0 radical (unpaired) electrons. The lowest BCUT2D eigenvalue weighted by atomic mass is 10.1. The molecule has 1 aliphatic heterocycles. The summed E-state index contributed by atoms with van der Waals surface area (Å²) in [6, 6.07) is 8.09. The summed E-state index contributed by atoms with van der Waals surface area (Å²) in [5.74, 6) is 0.181. The van der Waals surface area contributed by atoms with Gasteiger partial charge in [-0.25, -0.2) is 0 Å². The fourth-order valence-electron chi connectivity index (χ4n) is 2.33. The van der Waals surface area contributed by atoms with E-state index in [0.717, 1.165) is 18.8 Å². The number of benzene rings is 1. The smallest absolute Gasteiger partial charge is 0.240 e. The predicted octanol–water partition coefficient (Wildman–Crippen LogP) is 2.44. The Morgan fingerprint density at radius 3 is 2.39 bits per heavy atom. The van der Waals surface area contributed by atoms with Crippen molar-refractivity contribution in [2.75, 3.05) is 31.6 Å². The maximum absolute atomic E-state index is 12.2. The van der Waals surface area contributed by atoms with Crippen LogP contribution in [0.4, 0.5) is 5.69 Å². The van der Waals surface area contributed by atoms with Crippen LogP contribution in [0.25, 0.3) is 0 Å². The van der Waals surface area contributed by atoms with E-state index in [1.54, 1.807) is 4.90 Å². The summed E-state index contributed by atoms with van der Waals surface area (Å²) in [6.07, 6.45) is 3.75. The second-order valence-corrected chi connectivity index (χ2v) is 5.13. The van der Waals surface area contributed by atoms with E-state index in [1.165, 1.54) is 24.8 Å². The molecular weight excluding hydrogens is 224 g/mol. The molecule has 1 amide bonds. The highest BCUT2D eigenvalue weighted by Crippen LogP contribution is 2.15. The Morgan fingerprint density at radius 2 is 1.78 bits per heavy atom. The van der Waals surface area contributed by atoms with Gasteiger partial charge in [0.1, 0.15) is 0 Å². The van der Waals surface area contributed by atoms with Crippen LogP contribution in [0.2, 0.25) is 0 Å². The van der Waals surface area contributed by atoms with Crippen molar-refractivity contribution in [3.05, 3.63) is 29.8 Å². The van der Waals surface area contributed by atoms with Gasteiger partial charge < -0.3 is 4.90 Å². The average Bonchev–Trinajstić information content (AvgIpc) is 2.40. The Kier molecular flexibility index (Phi) is 4.37. The third-order valence-corrected chi connectivity index (χ3v) is 3.60. The number of likely N-dealkylation sites (N-methyl/N-ethyl adjacent to an activating group) is 1. The highest BCUT2D eigenvalue weighted by atomic mass is 16.2. The summed E-state index contributed by atoms with van der Waals surface area (Å²) >= 11 is 0. The minimum atomic E-state index is 0.181. The van der Waals surface area contributed by atoms with Crippen LogP contribution in [0.1, 0.15) is 24.8 Å². The number of carbonyl (C=O) groups is 1. The standard InChI is InChI=1S/C15H22N2O/c1-13-6-8-14(9-7-13)16(2)15(18)12-17-10-4-3-5-11-17/h6-9H,3-5,10-12H2,1-2H3. The third kappa shape index (κ3) is 3.33. The molecule has 1 saturated heterocycles. The van der Waals surface area contributed by atoms with E-state index in [9.17, 15) is 4.79 Å². The molecule has 3 nitrogen and oxygen atoms in total. The molecule has 0 bridgehead atoms. The quantitative estimate of drug-likeness (QED) is 0.818. The maximum atomic E-state index is 12.2. The van der Waals surface area contributed by atoms with Crippen molar-refractivity contribution in [2.24, 2.45) is 0 Å². The van der Waals surface area contributed by atoms with E-state index in [0.29, 0.717) is 6.54 Å². The lowest BCUT2D eigenvalue weighted by Crippen LogP contribution is -2.40. The Bertz CT molecular complexity index is 393. The van der Waals surface area contributed by atoms with Crippen LogP contribution < -0.4 is 4.90 Å². The summed E-state index contributed by atoms with van der Waals surface area (Å²) < 4.78 is 0. The van der Waals surface area contributed by atoms with Crippen LogP contribution in [0.3, 0.4) is 0 Å². The summed E-state index contributed by atoms with van der Waals surface area (Å²) in [4.78, 5) is 16.2. The number of rotatable bonds is 3. The van der Waals surface area contributed by atoms with E-state index in [4.69, 9.17) is 0 Å². The van der Waals surface area contributed by atoms with Gasteiger partial charge in [0, 0.05) is 12.7 Å². The SMILES string of the molecule is Cc1ccc(N(C)C(=O)CN2CCCCC2)cc1. The van der Waals surface area contributed by atoms with Gasteiger partial charge in [-0.15, -0.1) is 0 Å². The fourth-order valence-corrected chi connectivity index (χ4v) is 2.33. The van der Waals surface area contributed by atoms with E-state index < -0.39 is 0 Å². The molecule has 0 aliphatic carbocycles. The predicted molar refractivity (Wildman–Crippen MR) is 74.9 cm³/mol. The van der Waals surface area contributed by atoms with Crippen LogP contribution in [0, 0.1) is 6.92 Å². The third-order valence-electron chi connectivity index (χ3n) is 3.60. The van der Waals surface area contributed by atoms with Crippen molar-refractivity contribution in [1.29, 1.82) is 0 Å². The molecule has 1 aliphatic rings. The molecule has 0 unspecified atom stereocenters. The summed E-state index contributed by atoms with van der Waals surface area (Å²) in [7, 11) is 1.86. The Labute approximate surface area is 109 Å². The number of anilines is 1. The topological polar surface area (TPSA) is 23.6 Å². The summed E-state index contributed by atoms with van der Waals surface area (Å²) in [6.45, 7) is 4.73. The monoisotopic (exact) mass is 246 g/mol. The molecule has 0 N–H and O–H groups in total. The van der Waals surface area contributed by atoms with Crippen molar-refractivity contribution < 1.29 is 4.79 Å². The number of piperidine rings is 1. The van der Waals surface area contributed by atoms with Crippen molar-refractivity contribution >= 4 is 11.6 Å². The second-order valence-electron chi connectivity index (χ2n) is 5.13. The van der Waals surface area contributed by atoms with Crippen molar-refractivity contribution in [3.8, 4) is 0 Å². The largest absolute Gasteiger partial charge is 0.314 e. The normalized spacial score (nSPS) is 16.6. The molecule has 98 valence electrons. The zero-order chi connectivity index (χ0) is 13.0. The highest BCUT2D eigenvalue weighted by molar-refractivity contribution is 5.94. The van der Waals surface area contributed by atoms with Gasteiger partial charge in [0.25, 0.3) is 0 Å². The second kappa shape index (κ2) is 6.01. The number of carbonyl (C=O) groups excluding carboxylic acids is 1. The zero-order valence-corrected chi connectivity index (χ0v) is 11.4. The van der Waals surface area contributed by atoms with Gasteiger partial charge in [-0.05, 0) is 45.0 Å². The molecular formula is C15H22N2O. The number of likely N-dealkylation sites (tertiary alicyclic amines) is 1.